The zero-order chi connectivity index (χ0) is 11.5. The Morgan fingerprint density at radius 3 is 2.56 bits per heavy atom. The molecule has 2 N–H and O–H groups in total. The third-order valence-electron chi connectivity index (χ3n) is 3.70. The molecule has 1 aliphatic rings. The molecule has 88 valence electrons. The number of nitrogen functional groups attached to an aromatic ring is 1. The molecule has 0 unspecified atom stereocenters. The minimum Gasteiger partial charge on any atom is -0.398 e. The third-order valence-corrected chi connectivity index (χ3v) is 3.70. The molecule has 0 spiro atoms. The lowest BCUT2D eigenvalue weighted by molar-refractivity contribution is 0.620. The average molecular weight is 218 g/mol. The highest BCUT2D eigenvalue weighted by Crippen LogP contribution is 2.29. The number of aryl methyl sites for hydroxylation is 1. The molecule has 1 aromatic rings. The standard InChI is InChI=1S/C14H22N2/c1-3-16(12-6-4-5-7-12)13-9-8-11(2)14(15)10-13/h8-10,12H,3-7,15H2,1-2H3. The first kappa shape index (κ1) is 11.3. The van der Waals surface area contributed by atoms with Gasteiger partial charge in [-0.2, -0.15) is 0 Å². The van der Waals surface area contributed by atoms with E-state index < -0.39 is 0 Å². The predicted octanol–water partition coefficient (Wildman–Crippen LogP) is 3.35. The Hall–Kier alpha value is -1.18. The Kier molecular flexibility index (Phi) is 3.37. The molecule has 2 nitrogen and oxygen atoms in total. The van der Waals surface area contributed by atoms with Crippen LogP contribution in [-0.4, -0.2) is 12.6 Å². The Morgan fingerprint density at radius 2 is 2.00 bits per heavy atom. The number of hydrogen-bond acceptors (Lipinski definition) is 2. The topological polar surface area (TPSA) is 29.3 Å². The molecule has 0 aromatic heterocycles. The van der Waals surface area contributed by atoms with E-state index in [0.29, 0.717) is 0 Å². The predicted molar refractivity (Wildman–Crippen MR) is 70.9 cm³/mol. The maximum Gasteiger partial charge on any atom is 0.0389 e. The molecule has 0 atom stereocenters. The van der Waals surface area contributed by atoms with Crippen LogP contribution in [0.2, 0.25) is 0 Å². The van der Waals surface area contributed by atoms with E-state index in [0.717, 1.165) is 18.3 Å². The van der Waals surface area contributed by atoms with Crippen molar-refractivity contribution in [3.05, 3.63) is 23.8 Å². The Bertz CT molecular complexity index is 354. The number of rotatable bonds is 3. The van der Waals surface area contributed by atoms with E-state index in [1.165, 1.54) is 36.9 Å². The van der Waals surface area contributed by atoms with E-state index in [1.807, 2.05) is 0 Å². The maximum absolute atomic E-state index is 5.99. The zero-order valence-corrected chi connectivity index (χ0v) is 10.4. The monoisotopic (exact) mass is 218 g/mol. The molecule has 0 saturated heterocycles. The van der Waals surface area contributed by atoms with Crippen molar-refractivity contribution in [2.45, 2.75) is 45.6 Å². The molecule has 1 aliphatic carbocycles. The van der Waals surface area contributed by atoms with Gasteiger partial charge in [0.15, 0.2) is 0 Å². The molecular weight excluding hydrogens is 196 g/mol. The minimum absolute atomic E-state index is 0.729. The summed E-state index contributed by atoms with van der Waals surface area (Å²) in [4.78, 5) is 2.50. The molecule has 1 aromatic carbocycles. The fourth-order valence-electron chi connectivity index (χ4n) is 2.67. The number of hydrogen-bond donors (Lipinski definition) is 1. The van der Waals surface area contributed by atoms with E-state index in [9.17, 15) is 0 Å². The summed E-state index contributed by atoms with van der Waals surface area (Å²) in [5.74, 6) is 0. The smallest absolute Gasteiger partial charge is 0.0389 e. The van der Waals surface area contributed by atoms with Crippen molar-refractivity contribution in [1.82, 2.24) is 0 Å². The maximum atomic E-state index is 5.99. The molecule has 1 saturated carbocycles. The van der Waals surface area contributed by atoms with Gasteiger partial charge in [0.1, 0.15) is 0 Å². The lowest BCUT2D eigenvalue weighted by atomic mass is 10.1. The molecule has 16 heavy (non-hydrogen) atoms. The normalized spacial score (nSPS) is 16.6. The van der Waals surface area contributed by atoms with E-state index in [4.69, 9.17) is 5.73 Å². The van der Waals surface area contributed by atoms with Crippen molar-refractivity contribution in [1.29, 1.82) is 0 Å². The van der Waals surface area contributed by atoms with Crippen LogP contribution in [0.1, 0.15) is 38.2 Å². The lowest BCUT2D eigenvalue weighted by Gasteiger charge is -2.30. The van der Waals surface area contributed by atoms with Crippen LogP contribution < -0.4 is 10.6 Å². The van der Waals surface area contributed by atoms with Gasteiger partial charge in [-0.3, -0.25) is 0 Å². The number of nitrogens with two attached hydrogens (primary N) is 1. The van der Waals surface area contributed by atoms with Gasteiger partial charge in [0.25, 0.3) is 0 Å². The van der Waals surface area contributed by atoms with E-state index in [1.54, 1.807) is 0 Å². The van der Waals surface area contributed by atoms with Gasteiger partial charge in [0.05, 0.1) is 0 Å². The second-order valence-electron chi connectivity index (χ2n) is 4.77. The van der Waals surface area contributed by atoms with Gasteiger partial charge >= 0.3 is 0 Å². The first-order valence-corrected chi connectivity index (χ1v) is 6.35. The second kappa shape index (κ2) is 4.77. The molecular formula is C14H22N2. The largest absolute Gasteiger partial charge is 0.398 e. The minimum atomic E-state index is 0.729. The van der Waals surface area contributed by atoms with Crippen molar-refractivity contribution in [2.24, 2.45) is 0 Å². The Morgan fingerprint density at radius 1 is 1.31 bits per heavy atom. The molecule has 0 aliphatic heterocycles. The molecule has 2 heteroatoms. The van der Waals surface area contributed by atoms with Crippen molar-refractivity contribution >= 4 is 11.4 Å². The van der Waals surface area contributed by atoms with Crippen molar-refractivity contribution in [3.8, 4) is 0 Å². The van der Waals surface area contributed by atoms with Crippen LogP contribution in [0.5, 0.6) is 0 Å². The molecule has 2 rings (SSSR count). The summed E-state index contributed by atoms with van der Waals surface area (Å²) in [6.07, 6.45) is 5.42. The van der Waals surface area contributed by atoms with Crippen molar-refractivity contribution in [3.63, 3.8) is 0 Å². The number of anilines is 2. The van der Waals surface area contributed by atoms with Crippen LogP contribution in [0.4, 0.5) is 11.4 Å². The fourth-order valence-corrected chi connectivity index (χ4v) is 2.67. The fraction of sp³-hybridized carbons (Fsp3) is 0.571. The van der Waals surface area contributed by atoms with E-state index in [-0.39, 0.29) is 0 Å². The van der Waals surface area contributed by atoms with E-state index in [2.05, 4.69) is 36.9 Å². The van der Waals surface area contributed by atoms with Gasteiger partial charge in [-0.25, -0.2) is 0 Å². The van der Waals surface area contributed by atoms with Gasteiger partial charge < -0.3 is 10.6 Å². The molecule has 0 bridgehead atoms. The third kappa shape index (κ3) is 2.16. The highest BCUT2D eigenvalue weighted by molar-refractivity contribution is 5.60. The first-order chi connectivity index (χ1) is 7.72. The van der Waals surface area contributed by atoms with Gasteiger partial charge in [-0.15, -0.1) is 0 Å². The molecule has 1 fully saturated rings. The highest BCUT2D eigenvalue weighted by Gasteiger charge is 2.21. The first-order valence-electron chi connectivity index (χ1n) is 6.35. The van der Waals surface area contributed by atoms with Crippen molar-refractivity contribution in [2.75, 3.05) is 17.2 Å². The van der Waals surface area contributed by atoms with Crippen LogP contribution >= 0.6 is 0 Å². The highest BCUT2D eigenvalue weighted by atomic mass is 15.2. The number of nitrogens with zero attached hydrogens (tertiary/aromatic N) is 1. The quantitative estimate of drug-likeness (QED) is 0.788. The van der Waals surface area contributed by atoms with Crippen LogP contribution in [0.15, 0.2) is 18.2 Å². The Labute approximate surface area is 98.4 Å². The van der Waals surface area contributed by atoms with Gasteiger partial charge in [0.2, 0.25) is 0 Å². The summed E-state index contributed by atoms with van der Waals surface area (Å²) in [6.45, 7) is 5.37. The summed E-state index contributed by atoms with van der Waals surface area (Å²) in [5, 5.41) is 0. The molecule has 0 radical (unpaired) electrons. The molecule has 0 heterocycles. The summed E-state index contributed by atoms with van der Waals surface area (Å²) in [6, 6.07) is 7.18. The summed E-state index contributed by atoms with van der Waals surface area (Å²) in [7, 11) is 0. The lowest BCUT2D eigenvalue weighted by Crippen LogP contribution is -2.32. The van der Waals surface area contributed by atoms with E-state index >= 15 is 0 Å². The van der Waals surface area contributed by atoms with Gasteiger partial charge in [0, 0.05) is 24.0 Å². The Balaban J connectivity index is 2.22. The van der Waals surface area contributed by atoms with Crippen molar-refractivity contribution < 1.29 is 0 Å². The summed E-state index contributed by atoms with van der Waals surface area (Å²) in [5.41, 5.74) is 9.36. The SMILES string of the molecule is CCN(c1ccc(C)c(N)c1)C1CCCC1. The molecule has 0 amide bonds. The second-order valence-corrected chi connectivity index (χ2v) is 4.77. The van der Waals surface area contributed by atoms with Crippen LogP contribution in [0.25, 0.3) is 0 Å². The van der Waals surface area contributed by atoms with Gasteiger partial charge in [-0.1, -0.05) is 18.9 Å². The average Bonchev–Trinajstić information content (AvgIpc) is 2.78. The summed E-state index contributed by atoms with van der Waals surface area (Å²) >= 11 is 0. The zero-order valence-electron chi connectivity index (χ0n) is 10.4. The van der Waals surface area contributed by atoms with Crippen LogP contribution in [-0.2, 0) is 0 Å². The summed E-state index contributed by atoms with van der Waals surface area (Å²) < 4.78 is 0. The van der Waals surface area contributed by atoms with Crippen LogP contribution in [0, 0.1) is 6.92 Å². The van der Waals surface area contributed by atoms with Gasteiger partial charge in [-0.05, 0) is 44.4 Å². The number of benzene rings is 1. The van der Waals surface area contributed by atoms with Crippen LogP contribution in [0.3, 0.4) is 0 Å².